The van der Waals surface area contributed by atoms with Crippen molar-refractivity contribution in [3.05, 3.63) is 17.2 Å². The highest BCUT2D eigenvalue weighted by Gasteiger charge is 2.38. The second-order valence-electron chi connectivity index (χ2n) is 6.10. The maximum atomic E-state index is 4.89. The van der Waals surface area contributed by atoms with E-state index in [0.717, 1.165) is 37.9 Å². The van der Waals surface area contributed by atoms with Crippen LogP contribution in [0.25, 0.3) is 0 Å². The SMILES string of the molecule is CC(C)Cc1nc2c(n1C1CC1C)CCNC2. The molecule has 1 aromatic heterocycles. The van der Waals surface area contributed by atoms with Crippen LogP contribution in [0.3, 0.4) is 0 Å². The van der Waals surface area contributed by atoms with Gasteiger partial charge in [-0.25, -0.2) is 4.98 Å². The summed E-state index contributed by atoms with van der Waals surface area (Å²) in [6.07, 6.45) is 3.63. The van der Waals surface area contributed by atoms with Crippen LogP contribution in [0.1, 0.15) is 50.4 Å². The van der Waals surface area contributed by atoms with E-state index in [4.69, 9.17) is 4.98 Å². The van der Waals surface area contributed by atoms with E-state index in [0.29, 0.717) is 5.92 Å². The smallest absolute Gasteiger partial charge is 0.109 e. The topological polar surface area (TPSA) is 29.9 Å². The largest absolute Gasteiger partial charge is 0.328 e. The Morgan fingerprint density at radius 3 is 2.88 bits per heavy atom. The molecule has 1 aliphatic carbocycles. The maximum absolute atomic E-state index is 4.89. The van der Waals surface area contributed by atoms with Gasteiger partial charge < -0.3 is 9.88 Å². The summed E-state index contributed by atoms with van der Waals surface area (Å²) in [6, 6.07) is 0.748. The van der Waals surface area contributed by atoms with E-state index >= 15 is 0 Å². The lowest BCUT2D eigenvalue weighted by molar-refractivity contribution is 0.544. The van der Waals surface area contributed by atoms with Crippen molar-refractivity contribution < 1.29 is 0 Å². The second-order valence-corrected chi connectivity index (χ2v) is 6.10. The number of hydrogen-bond donors (Lipinski definition) is 1. The third-order valence-corrected chi connectivity index (χ3v) is 3.99. The van der Waals surface area contributed by atoms with Gasteiger partial charge in [0.2, 0.25) is 0 Å². The first kappa shape index (κ1) is 11.3. The molecule has 2 atom stereocenters. The number of imidazole rings is 1. The Kier molecular flexibility index (Phi) is 2.74. The van der Waals surface area contributed by atoms with Gasteiger partial charge in [0.25, 0.3) is 0 Å². The Morgan fingerprint density at radius 1 is 1.47 bits per heavy atom. The molecule has 0 aromatic carbocycles. The fourth-order valence-corrected chi connectivity index (χ4v) is 2.95. The van der Waals surface area contributed by atoms with E-state index in [9.17, 15) is 0 Å². The molecule has 1 N–H and O–H groups in total. The molecule has 94 valence electrons. The van der Waals surface area contributed by atoms with E-state index in [1.807, 2.05) is 0 Å². The normalized spacial score (nSPS) is 27.3. The zero-order chi connectivity index (χ0) is 12.0. The van der Waals surface area contributed by atoms with Crippen LogP contribution in [0.5, 0.6) is 0 Å². The average Bonchev–Trinajstić information content (AvgIpc) is 2.88. The molecule has 3 rings (SSSR count). The molecule has 0 bridgehead atoms. The second kappa shape index (κ2) is 4.13. The van der Waals surface area contributed by atoms with Crippen LogP contribution in [-0.4, -0.2) is 16.1 Å². The predicted molar refractivity (Wildman–Crippen MR) is 69.0 cm³/mol. The van der Waals surface area contributed by atoms with Crippen molar-refractivity contribution in [3.63, 3.8) is 0 Å². The number of rotatable bonds is 3. The van der Waals surface area contributed by atoms with Gasteiger partial charge in [-0.15, -0.1) is 0 Å². The van der Waals surface area contributed by atoms with Gasteiger partial charge >= 0.3 is 0 Å². The number of nitrogens with zero attached hydrogens (tertiary/aromatic N) is 2. The van der Waals surface area contributed by atoms with Crippen molar-refractivity contribution in [2.24, 2.45) is 11.8 Å². The molecule has 0 spiro atoms. The summed E-state index contributed by atoms with van der Waals surface area (Å²) in [4.78, 5) is 4.89. The third kappa shape index (κ3) is 2.01. The molecular weight excluding hydrogens is 210 g/mol. The summed E-state index contributed by atoms with van der Waals surface area (Å²) < 4.78 is 2.58. The fraction of sp³-hybridized carbons (Fsp3) is 0.786. The molecule has 0 radical (unpaired) electrons. The summed E-state index contributed by atoms with van der Waals surface area (Å²) >= 11 is 0. The van der Waals surface area contributed by atoms with Crippen LogP contribution < -0.4 is 5.32 Å². The minimum atomic E-state index is 0.694. The Labute approximate surface area is 104 Å². The maximum Gasteiger partial charge on any atom is 0.109 e. The molecule has 0 amide bonds. The average molecular weight is 233 g/mol. The molecule has 3 heteroatoms. The quantitative estimate of drug-likeness (QED) is 0.868. The third-order valence-electron chi connectivity index (χ3n) is 3.99. The zero-order valence-corrected chi connectivity index (χ0v) is 11.2. The molecule has 17 heavy (non-hydrogen) atoms. The molecule has 2 unspecified atom stereocenters. The van der Waals surface area contributed by atoms with Crippen LogP contribution in [0.4, 0.5) is 0 Å². The van der Waals surface area contributed by atoms with Gasteiger partial charge in [0.15, 0.2) is 0 Å². The van der Waals surface area contributed by atoms with Crippen LogP contribution in [0.2, 0.25) is 0 Å². The number of nitrogens with one attached hydrogen (secondary N) is 1. The van der Waals surface area contributed by atoms with Crippen molar-refractivity contribution in [2.75, 3.05) is 6.54 Å². The molecule has 1 aliphatic heterocycles. The van der Waals surface area contributed by atoms with Gasteiger partial charge in [0.05, 0.1) is 5.69 Å². The molecule has 2 heterocycles. The Hall–Kier alpha value is -0.830. The highest BCUT2D eigenvalue weighted by atomic mass is 15.2. The van der Waals surface area contributed by atoms with Crippen molar-refractivity contribution in [2.45, 2.75) is 52.6 Å². The van der Waals surface area contributed by atoms with Crippen molar-refractivity contribution in [1.82, 2.24) is 14.9 Å². The van der Waals surface area contributed by atoms with Crippen LogP contribution in [-0.2, 0) is 19.4 Å². The minimum Gasteiger partial charge on any atom is -0.328 e. The van der Waals surface area contributed by atoms with E-state index in [1.54, 1.807) is 0 Å². The molecule has 1 saturated carbocycles. The molecule has 0 saturated heterocycles. The summed E-state index contributed by atoms with van der Waals surface area (Å²) in [5.41, 5.74) is 2.83. The lowest BCUT2D eigenvalue weighted by atomic mass is 10.1. The predicted octanol–water partition coefficient (Wildman–Crippen LogP) is 2.31. The van der Waals surface area contributed by atoms with Crippen LogP contribution >= 0.6 is 0 Å². The fourth-order valence-electron chi connectivity index (χ4n) is 2.95. The first-order valence-electron chi connectivity index (χ1n) is 6.96. The molecule has 1 aromatic rings. The lowest BCUT2D eigenvalue weighted by Gasteiger charge is -2.16. The molecule has 1 fully saturated rings. The Balaban J connectivity index is 1.98. The minimum absolute atomic E-state index is 0.694. The standard InChI is InChI=1S/C14H23N3/c1-9(2)6-14-16-11-8-15-5-4-12(11)17(14)13-7-10(13)3/h9-10,13,15H,4-8H2,1-3H3. The Bertz CT molecular complexity index is 419. The highest BCUT2D eigenvalue weighted by molar-refractivity contribution is 5.23. The lowest BCUT2D eigenvalue weighted by Crippen LogP contribution is -2.25. The number of fused-ring (bicyclic) bond motifs is 1. The summed E-state index contributed by atoms with van der Waals surface area (Å²) in [6.45, 7) is 9.01. The van der Waals surface area contributed by atoms with E-state index in [2.05, 4.69) is 30.7 Å². The summed E-state index contributed by atoms with van der Waals surface area (Å²) in [7, 11) is 0. The number of hydrogen-bond acceptors (Lipinski definition) is 2. The first-order valence-corrected chi connectivity index (χ1v) is 6.96. The van der Waals surface area contributed by atoms with Crippen molar-refractivity contribution >= 4 is 0 Å². The van der Waals surface area contributed by atoms with Crippen molar-refractivity contribution in [1.29, 1.82) is 0 Å². The number of aromatic nitrogens is 2. The van der Waals surface area contributed by atoms with Crippen molar-refractivity contribution in [3.8, 4) is 0 Å². The first-order chi connectivity index (χ1) is 8.16. The van der Waals surface area contributed by atoms with Crippen LogP contribution in [0.15, 0.2) is 0 Å². The molecular formula is C14H23N3. The van der Waals surface area contributed by atoms with Gasteiger partial charge in [0.1, 0.15) is 5.82 Å². The molecule has 2 aliphatic rings. The van der Waals surface area contributed by atoms with E-state index < -0.39 is 0 Å². The highest BCUT2D eigenvalue weighted by Crippen LogP contribution is 2.45. The van der Waals surface area contributed by atoms with Gasteiger partial charge in [-0.2, -0.15) is 0 Å². The molecule has 3 nitrogen and oxygen atoms in total. The van der Waals surface area contributed by atoms with Gasteiger partial charge in [-0.05, 0) is 18.3 Å². The summed E-state index contributed by atoms with van der Waals surface area (Å²) in [5, 5.41) is 3.43. The van der Waals surface area contributed by atoms with Gasteiger partial charge in [-0.1, -0.05) is 20.8 Å². The summed E-state index contributed by atoms with van der Waals surface area (Å²) in [5.74, 6) is 2.89. The van der Waals surface area contributed by atoms with Crippen LogP contribution in [0, 0.1) is 11.8 Å². The van der Waals surface area contributed by atoms with E-state index in [1.165, 1.54) is 23.6 Å². The monoisotopic (exact) mass is 233 g/mol. The van der Waals surface area contributed by atoms with Gasteiger partial charge in [-0.3, -0.25) is 0 Å². The Morgan fingerprint density at radius 2 is 2.24 bits per heavy atom. The zero-order valence-electron chi connectivity index (χ0n) is 11.2. The van der Waals surface area contributed by atoms with Gasteiger partial charge in [0, 0.05) is 37.7 Å². The van der Waals surface area contributed by atoms with E-state index in [-0.39, 0.29) is 0 Å².